The number of hydrogen-bond donors (Lipinski definition) is 0. The molecule has 0 aliphatic heterocycles. The van der Waals surface area contributed by atoms with Gasteiger partial charge in [0.25, 0.3) is 0 Å². The summed E-state index contributed by atoms with van der Waals surface area (Å²) >= 11 is 0. The topological polar surface area (TPSA) is 43.4 Å². The maximum Gasteiger partial charge on any atom is 0.198 e. The van der Waals surface area contributed by atoms with Crippen LogP contribution in [0.15, 0.2) is 18.2 Å². The molecule has 1 aliphatic rings. The molecule has 0 amide bonds. The van der Waals surface area contributed by atoms with Gasteiger partial charge in [-0.1, -0.05) is 12.1 Å². The second-order valence-corrected chi connectivity index (χ2v) is 4.27. The van der Waals surface area contributed by atoms with Crippen molar-refractivity contribution in [1.29, 1.82) is 0 Å². The Labute approximate surface area is 101 Å². The molecule has 0 N–H and O–H groups in total. The number of fused-ring (bicyclic) bond motifs is 1. The van der Waals surface area contributed by atoms with Gasteiger partial charge in [-0.15, -0.1) is 0 Å². The molecule has 0 saturated heterocycles. The quantitative estimate of drug-likeness (QED) is 0.798. The van der Waals surface area contributed by atoms with Crippen LogP contribution in [0.2, 0.25) is 0 Å². The predicted octanol–water partition coefficient (Wildman–Crippen LogP) is 2.33. The van der Waals surface area contributed by atoms with Crippen LogP contribution < -0.4 is 4.74 Å². The van der Waals surface area contributed by atoms with Crippen molar-refractivity contribution in [3.05, 3.63) is 29.3 Å². The standard InChI is InChI=1S/C14H15O3/c1-17-13-6-2-5-12-11(13)8-7-10(14(12)16)4-3-9-15/h2,5-6,10H,3-4,7-8H2,1H3. The Morgan fingerprint density at radius 1 is 1.47 bits per heavy atom. The number of methoxy groups -OCH3 is 1. The molecule has 3 heteroatoms. The highest BCUT2D eigenvalue weighted by Crippen LogP contribution is 2.33. The average Bonchev–Trinajstić information content (AvgIpc) is 2.37. The van der Waals surface area contributed by atoms with E-state index in [1.165, 1.54) is 0 Å². The Kier molecular flexibility index (Phi) is 3.57. The van der Waals surface area contributed by atoms with Gasteiger partial charge in [0.15, 0.2) is 12.1 Å². The lowest BCUT2D eigenvalue weighted by Crippen LogP contribution is -2.23. The van der Waals surface area contributed by atoms with E-state index in [1.54, 1.807) is 7.11 Å². The second kappa shape index (κ2) is 5.13. The molecular weight excluding hydrogens is 216 g/mol. The lowest BCUT2D eigenvalue weighted by Gasteiger charge is -2.24. The number of carbonyl (C=O) groups excluding carboxylic acids is 2. The van der Waals surface area contributed by atoms with Crippen LogP contribution in [0.3, 0.4) is 0 Å². The Bertz CT molecular complexity index is 437. The summed E-state index contributed by atoms with van der Waals surface area (Å²) in [6, 6.07) is 5.56. The first-order valence-electron chi connectivity index (χ1n) is 5.83. The molecule has 1 unspecified atom stereocenters. The van der Waals surface area contributed by atoms with E-state index in [0.29, 0.717) is 12.8 Å². The van der Waals surface area contributed by atoms with E-state index in [4.69, 9.17) is 4.74 Å². The van der Waals surface area contributed by atoms with Gasteiger partial charge in [-0.3, -0.25) is 9.59 Å². The molecule has 0 spiro atoms. The van der Waals surface area contributed by atoms with Crippen molar-refractivity contribution in [2.75, 3.05) is 7.11 Å². The third kappa shape index (κ3) is 2.23. The molecule has 1 radical (unpaired) electrons. The monoisotopic (exact) mass is 231 g/mol. The number of benzene rings is 1. The number of rotatable bonds is 4. The van der Waals surface area contributed by atoms with Crippen LogP contribution in [-0.2, 0) is 11.2 Å². The van der Waals surface area contributed by atoms with Crippen molar-refractivity contribution in [3.8, 4) is 5.75 Å². The minimum absolute atomic E-state index is 0.0314. The zero-order chi connectivity index (χ0) is 12.3. The fraction of sp³-hybridized carbons (Fsp3) is 0.429. The zero-order valence-corrected chi connectivity index (χ0v) is 9.86. The number of carbonyl (C=O) groups is 1. The van der Waals surface area contributed by atoms with E-state index < -0.39 is 0 Å². The van der Waals surface area contributed by atoms with Gasteiger partial charge in [0.1, 0.15) is 5.75 Å². The van der Waals surface area contributed by atoms with Gasteiger partial charge in [-0.25, -0.2) is 0 Å². The van der Waals surface area contributed by atoms with Gasteiger partial charge in [0, 0.05) is 23.5 Å². The third-order valence-corrected chi connectivity index (χ3v) is 3.33. The number of ketones is 1. The minimum Gasteiger partial charge on any atom is -0.496 e. The normalized spacial score (nSPS) is 18.6. The molecule has 1 atom stereocenters. The summed E-state index contributed by atoms with van der Waals surface area (Å²) in [5, 5.41) is 0. The van der Waals surface area contributed by atoms with Crippen LogP contribution >= 0.6 is 0 Å². The maximum absolute atomic E-state index is 12.2. The average molecular weight is 231 g/mol. The van der Waals surface area contributed by atoms with Gasteiger partial charge in [0.2, 0.25) is 0 Å². The Morgan fingerprint density at radius 3 is 3.00 bits per heavy atom. The highest BCUT2D eigenvalue weighted by Gasteiger charge is 2.28. The van der Waals surface area contributed by atoms with Crippen LogP contribution in [0.5, 0.6) is 5.75 Å². The van der Waals surface area contributed by atoms with Gasteiger partial charge >= 0.3 is 0 Å². The van der Waals surface area contributed by atoms with Gasteiger partial charge < -0.3 is 4.74 Å². The molecule has 3 nitrogen and oxygen atoms in total. The summed E-state index contributed by atoms with van der Waals surface area (Å²) < 4.78 is 5.26. The third-order valence-electron chi connectivity index (χ3n) is 3.33. The second-order valence-electron chi connectivity index (χ2n) is 4.27. The molecular formula is C14H15O3. The summed E-state index contributed by atoms with van der Waals surface area (Å²) in [6.45, 7) is 0. The fourth-order valence-corrected chi connectivity index (χ4v) is 2.42. The number of ether oxygens (including phenoxy) is 1. The van der Waals surface area contributed by atoms with E-state index in [0.717, 1.165) is 29.7 Å². The number of Topliss-reactive ketones (excluding diaryl/α,β-unsaturated/α-hetero) is 1. The molecule has 1 aromatic rings. The largest absolute Gasteiger partial charge is 0.496 e. The van der Waals surface area contributed by atoms with Crippen LogP contribution in [0.1, 0.15) is 35.2 Å². The van der Waals surface area contributed by atoms with E-state index >= 15 is 0 Å². The summed E-state index contributed by atoms with van der Waals surface area (Å²) in [5.74, 6) is 0.896. The predicted molar refractivity (Wildman–Crippen MR) is 64.1 cm³/mol. The van der Waals surface area contributed by atoms with Crippen molar-refractivity contribution in [3.63, 3.8) is 0 Å². The van der Waals surface area contributed by atoms with E-state index in [9.17, 15) is 9.59 Å². The molecule has 2 rings (SSSR count). The molecule has 1 aliphatic carbocycles. The van der Waals surface area contributed by atoms with Crippen LogP contribution in [0, 0.1) is 5.92 Å². The van der Waals surface area contributed by atoms with Crippen LogP contribution in [0.25, 0.3) is 0 Å². The summed E-state index contributed by atoms with van der Waals surface area (Å²) in [7, 11) is 1.62. The molecule has 0 bridgehead atoms. The van der Waals surface area contributed by atoms with Gasteiger partial charge in [0.05, 0.1) is 7.11 Å². The molecule has 1 aromatic carbocycles. The molecule has 0 saturated carbocycles. The minimum atomic E-state index is -0.0314. The maximum atomic E-state index is 12.2. The van der Waals surface area contributed by atoms with Crippen LogP contribution in [0.4, 0.5) is 0 Å². The fourth-order valence-electron chi connectivity index (χ4n) is 2.42. The van der Waals surface area contributed by atoms with Crippen molar-refractivity contribution in [1.82, 2.24) is 0 Å². The first kappa shape index (κ1) is 11.8. The number of hydrogen-bond acceptors (Lipinski definition) is 3. The lowest BCUT2D eigenvalue weighted by molar-refractivity contribution is 0.0895. The summed E-state index contributed by atoms with van der Waals surface area (Å²) in [4.78, 5) is 22.4. The molecule has 0 fully saturated rings. The van der Waals surface area contributed by atoms with Gasteiger partial charge in [-0.05, 0) is 25.3 Å². The van der Waals surface area contributed by atoms with Crippen molar-refractivity contribution in [2.24, 2.45) is 5.92 Å². The first-order valence-corrected chi connectivity index (χ1v) is 5.83. The molecule has 17 heavy (non-hydrogen) atoms. The van der Waals surface area contributed by atoms with Crippen molar-refractivity contribution in [2.45, 2.75) is 25.7 Å². The smallest absolute Gasteiger partial charge is 0.198 e. The Morgan fingerprint density at radius 2 is 2.29 bits per heavy atom. The van der Waals surface area contributed by atoms with E-state index in [2.05, 4.69) is 0 Å². The Hall–Kier alpha value is -1.64. The highest BCUT2D eigenvalue weighted by molar-refractivity contribution is 6.00. The first-order chi connectivity index (χ1) is 8.27. The van der Waals surface area contributed by atoms with E-state index in [1.807, 2.05) is 24.5 Å². The van der Waals surface area contributed by atoms with Crippen LogP contribution in [-0.4, -0.2) is 19.2 Å². The van der Waals surface area contributed by atoms with Crippen molar-refractivity contribution >= 4 is 12.1 Å². The summed E-state index contributed by atoms with van der Waals surface area (Å²) in [6.07, 6.45) is 4.45. The van der Waals surface area contributed by atoms with E-state index in [-0.39, 0.29) is 11.7 Å². The lowest BCUT2D eigenvalue weighted by atomic mass is 9.80. The SMILES string of the molecule is COc1cccc2c1CCC(CC[C]=O)C2=O. The van der Waals surface area contributed by atoms with Crippen molar-refractivity contribution < 1.29 is 14.3 Å². The molecule has 89 valence electrons. The molecule has 0 heterocycles. The highest BCUT2D eigenvalue weighted by atomic mass is 16.5. The summed E-state index contributed by atoms with van der Waals surface area (Å²) in [5.41, 5.74) is 1.76. The Balaban J connectivity index is 2.27. The molecule has 0 aromatic heterocycles. The van der Waals surface area contributed by atoms with Gasteiger partial charge in [-0.2, -0.15) is 0 Å². The zero-order valence-electron chi connectivity index (χ0n) is 9.86.